The molecule has 3 heterocycles. The number of nitrogens with zero attached hydrogens (tertiary/aromatic N) is 3. The standard InChI is InChI=1S/C26H32N4O3/c31-24(27-14-17-28-15-8-3-9-16-28)29-18-19-30-23(20-29)26(33-25(30)32,21-10-4-1-5-11-21)22-12-6-2-7-13-22/h1-2,4-7,10-13,23H,3,8-9,14-20H2,(H,27,31). The van der Waals surface area contributed by atoms with Crippen molar-refractivity contribution in [1.29, 1.82) is 0 Å². The number of urea groups is 1. The molecule has 174 valence electrons. The second kappa shape index (κ2) is 9.43. The van der Waals surface area contributed by atoms with Gasteiger partial charge in [0, 0.05) is 43.9 Å². The molecule has 3 saturated heterocycles. The van der Waals surface area contributed by atoms with Crippen LogP contribution in [0, 0.1) is 0 Å². The highest BCUT2D eigenvalue weighted by atomic mass is 16.6. The van der Waals surface area contributed by atoms with Crippen LogP contribution in [0.15, 0.2) is 60.7 Å². The third-order valence-corrected chi connectivity index (χ3v) is 7.18. The molecule has 0 aliphatic carbocycles. The molecule has 1 atom stereocenters. The van der Waals surface area contributed by atoms with Gasteiger partial charge in [0.05, 0.1) is 0 Å². The fourth-order valence-electron chi connectivity index (χ4n) is 5.45. The Morgan fingerprint density at radius 1 is 0.909 bits per heavy atom. The Kier molecular flexibility index (Phi) is 6.22. The molecule has 7 heteroatoms. The van der Waals surface area contributed by atoms with Crippen LogP contribution in [-0.2, 0) is 10.3 Å². The van der Waals surface area contributed by atoms with Gasteiger partial charge in [0.1, 0.15) is 6.04 Å². The normalized spacial score (nSPS) is 22.5. The minimum Gasteiger partial charge on any atom is -0.431 e. The number of cyclic esters (lactones) is 1. The van der Waals surface area contributed by atoms with Gasteiger partial charge in [0.15, 0.2) is 5.60 Å². The third-order valence-electron chi connectivity index (χ3n) is 7.18. The molecular formula is C26H32N4O3. The van der Waals surface area contributed by atoms with Gasteiger partial charge in [-0.25, -0.2) is 9.59 Å². The molecule has 0 spiro atoms. The third kappa shape index (κ3) is 4.17. The number of ether oxygens (including phenoxy) is 1. The van der Waals surface area contributed by atoms with Crippen molar-refractivity contribution in [2.75, 3.05) is 45.8 Å². The molecule has 5 rings (SSSR count). The Morgan fingerprint density at radius 2 is 1.55 bits per heavy atom. The molecule has 3 amide bonds. The number of hydrogen-bond donors (Lipinski definition) is 1. The van der Waals surface area contributed by atoms with E-state index in [0.29, 0.717) is 26.2 Å². The molecule has 0 aromatic heterocycles. The lowest BCUT2D eigenvalue weighted by Gasteiger charge is -2.42. The van der Waals surface area contributed by atoms with Crippen molar-refractivity contribution in [1.82, 2.24) is 20.0 Å². The monoisotopic (exact) mass is 448 g/mol. The first-order chi connectivity index (χ1) is 16.2. The molecule has 1 N–H and O–H groups in total. The largest absolute Gasteiger partial charge is 0.431 e. The number of amides is 3. The topological polar surface area (TPSA) is 65.1 Å². The fourth-order valence-corrected chi connectivity index (χ4v) is 5.45. The number of nitrogens with one attached hydrogen (secondary N) is 1. The Balaban J connectivity index is 1.35. The Hall–Kier alpha value is -3.06. The van der Waals surface area contributed by atoms with E-state index in [9.17, 15) is 9.59 Å². The van der Waals surface area contributed by atoms with Crippen molar-refractivity contribution in [3.8, 4) is 0 Å². The van der Waals surface area contributed by atoms with Crippen molar-refractivity contribution in [2.24, 2.45) is 0 Å². The molecule has 0 radical (unpaired) electrons. The van der Waals surface area contributed by atoms with Gasteiger partial charge in [-0.05, 0) is 25.9 Å². The van der Waals surface area contributed by atoms with Crippen LogP contribution in [-0.4, -0.2) is 78.7 Å². The summed E-state index contributed by atoms with van der Waals surface area (Å²) in [6, 6.07) is 19.4. The summed E-state index contributed by atoms with van der Waals surface area (Å²) in [5.41, 5.74) is 0.889. The van der Waals surface area contributed by atoms with Crippen molar-refractivity contribution in [3.05, 3.63) is 71.8 Å². The van der Waals surface area contributed by atoms with Crippen molar-refractivity contribution >= 4 is 12.1 Å². The number of benzene rings is 2. The molecule has 2 aromatic rings. The minimum absolute atomic E-state index is 0.0685. The molecule has 33 heavy (non-hydrogen) atoms. The summed E-state index contributed by atoms with van der Waals surface area (Å²) >= 11 is 0. The summed E-state index contributed by atoms with van der Waals surface area (Å²) in [5, 5.41) is 3.10. The first-order valence-electron chi connectivity index (χ1n) is 12.0. The van der Waals surface area contributed by atoms with Crippen molar-refractivity contribution in [3.63, 3.8) is 0 Å². The van der Waals surface area contributed by atoms with E-state index in [1.165, 1.54) is 19.3 Å². The Labute approximate surface area is 195 Å². The predicted octanol–water partition coefficient (Wildman–Crippen LogP) is 3.26. The number of rotatable bonds is 5. The number of carbonyl (C=O) groups is 2. The summed E-state index contributed by atoms with van der Waals surface area (Å²) in [4.78, 5) is 32.1. The summed E-state index contributed by atoms with van der Waals surface area (Å²) in [7, 11) is 0. The number of likely N-dealkylation sites (tertiary alicyclic amines) is 1. The maximum Gasteiger partial charge on any atom is 0.411 e. The van der Waals surface area contributed by atoms with Crippen LogP contribution in [0.1, 0.15) is 30.4 Å². The van der Waals surface area contributed by atoms with Gasteiger partial charge >= 0.3 is 12.1 Å². The quantitative estimate of drug-likeness (QED) is 0.763. The van der Waals surface area contributed by atoms with Crippen molar-refractivity contribution in [2.45, 2.75) is 30.9 Å². The predicted molar refractivity (Wildman–Crippen MR) is 126 cm³/mol. The van der Waals surface area contributed by atoms with Gasteiger partial charge in [0.25, 0.3) is 0 Å². The molecule has 2 aromatic carbocycles. The smallest absolute Gasteiger partial charge is 0.411 e. The molecule has 1 unspecified atom stereocenters. The highest BCUT2D eigenvalue weighted by molar-refractivity contribution is 5.77. The van der Waals surface area contributed by atoms with E-state index in [2.05, 4.69) is 10.2 Å². The summed E-state index contributed by atoms with van der Waals surface area (Å²) < 4.78 is 6.18. The highest BCUT2D eigenvalue weighted by Gasteiger charge is 2.58. The SMILES string of the molecule is O=C(NCCN1CCCCC1)N1CCN2C(=O)OC(c3ccccc3)(c3ccccc3)C2C1. The van der Waals surface area contributed by atoms with Gasteiger partial charge in [-0.1, -0.05) is 67.1 Å². The average Bonchev–Trinajstić information content (AvgIpc) is 3.18. The molecule has 0 saturated carbocycles. The van der Waals surface area contributed by atoms with E-state index in [0.717, 1.165) is 30.8 Å². The van der Waals surface area contributed by atoms with Crippen LogP contribution in [0.4, 0.5) is 9.59 Å². The van der Waals surface area contributed by atoms with Crippen LogP contribution in [0.3, 0.4) is 0 Å². The van der Waals surface area contributed by atoms with E-state index in [1.54, 1.807) is 4.90 Å². The van der Waals surface area contributed by atoms with Crippen molar-refractivity contribution < 1.29 is 14.3 Å². The maximum atomic E-state index is 13.0. The van der Waals surface area contributed by atoms with Crippen LogP contribution < -0.4 is 5.32 Å². The van der Waals surface area contributed by atoms with E-state index in [-0.39, 0.29) is 18.2 Å². The second-order valence-electron chi connectivity index (χ2n) is 9.13. The number of carbonyl (C=O) groups excluding carboxylic acids is 2. The zero-order valence-electron chi connectivity index (χ0n) is 19.0. The first-order valence-corrected chi connectivity index (χ1v) is 12.0. The first kappa shape index (κ1) is 21.8. The second-order valence-corrected chi connectivity index (χ2v) is 9.13. The minimum atomic E-state index is -0.952. The van der Waals surface area contributed by atoms with Crippen LogP contribution in [0.5, 0.6) is 0 Å². The van der Waals surface area contributed by atoms with Gasteiger partial charge in [-0.3, -0.25) is 4.90 Å². The van der Waals surface area contributed by atoms with Crippen LogP contribution in [0.25, 0.3) is 0 Å². The lowest BCUT2D eigenvalue weighted by molar-refractivity contribution is 0.0511. The van der Waals surface area contributed by atoms with E-state index in [1.807, 2.05) is 65.6 Å². The zero-order chi connectivity index (χ0) is 22.7. The average molecular weight is 449 g/mol. The molecule has 3 fully saturated rings. The van der Waals surface area contributed by atoms with Gasteiger partial charge < -0.3 is 19.9 Å². The molecule has 3 aliphatic heterocycles. The summed E-state index contributed by atoms with van der Waals surface area (Å²) in [6.45, 7) is 5.15. The maximum absolute atomic E-state index is 13.0. The lowest BCUT2D eigenvalue weighted by atomic mass is 9.79. The molecule has 0 bridgehead atoms. The molecule has 7 nitrogen and oxygen atoms in total. The van der Waals surface area contributed by atoms with Crippen LogP contribution in [0.2, 0.25) is 0 Å². The number of piperidine rings is 1. The lowest BCUT2D eigenvalue weighted by Crippen LogP contribution is -2.60. The Bertz CT molecular complexity index is 923. The summed E-state index contributed by atoms with van der Waals surface area (Å²) in [6.07, 6.45) is 3.47. The molecular weight excluding hydrogens is 416 g/mol. The van der Waals surface area contributed by atoms with Crippen LogP contribution >= 0.6 is 0 Å². The number of hydrogen-bond acceptors (Lipinski definition) is 4. The number of piperazine rings is 1. The number of fused-ring (bicyclic) bond motifs is 1. The zero-order valence-corrected chi connectivity index (χ0v) is 19.0. The van der Waals surface area contributed by atoms with E-state index in [4.69, 9.17) is 4.74 Å². The van der Waals surface area contributed by atoms with Gasteiger partial charge in [-0.15, -0.1) is 0 Å². The van der Waals surface area contributed by atoms with E-state index >= 15 is 0 Å². The fraction of sp³-hybridized carbons (Fsp3) is 0.462. The van der Waals surface area contributed by atoms with Gasteiger partial charge in [-0.2, -0.15) is 0 Å². The van der Waals surface area contributed by atoms with Gasteiger partial charge in [0.2, 0.25) is 0 Å². The molecule has 3 aliphatic rings. The highest BCUT2D eigenvalue weighted by Crippen LogP contribution is 2.45. The summed E-state index contributed by atoms with van der Waals surface area (Å²) in [5.74, 6) is 0. The van der Waals surface area contributed by atoms with E-state index < -0.39 is 5.60 Å². The Morgan fingerprint density at radius 3 is 2.18 bits per heavy atom.